The number of nitrogens with zero attached hydrogens (tertiary/aromatic N) is 1. The lowest BCUT2D eigenvalue weighted by Crippen LogP contribution is -2.11. The number of rotatable bonds is 4. The third-order valence-electron chi connectivity index (χ3n) is 3.74. The van der Waals surface area contributed by atoms with E-state index in [4.69, 9.17) is 14.6 Å². The number of sulfonamides is 1. The average molecular weight is 344 g/mol. The maximum atomic E-state index is 11.4. The lowest BCUT2D eigenvalue weighted by molar-refractivity contribution is 0.356. The molecule has 0 amide bonds. The van der Waals surface area contributed by atoms with Crippen molar-refractivity contribution in [2.24, 2.45) is 5.14 Å². The smallest absolute Gasteiger partial charge is 0.238 e. The summed E-state index contributed by atoms with van der Waals surface area (Å²) in [6, 6.07) is 11.9. The molecule has 2 aromatic carbocycles. The van der Waals surface area contributed by atoms with E-state index in [2.05, 4.69) is 4.98 Å². The van der Waals surface area contributed by atoms with Crippen molar-refractivity contribution >= 4 is 20.9 Å². The van der Waals surface area contributed by atoms with E-state index in [0.717, 1.165) is 22.0 Å². The van der Waals surface area contributed by atoms with Gasteiger partial charge < -0.3 is 9.47 Å². The molecule has 7 heteroatoms. The Morgan fingerprint density at radius 2 is 1.58 bits per heavy atom. The Bertz CT molecular complexity index is 999. The number of aromatic nitrogens is 1. The first-order valence-electron chi connectivity index (χ1n) is 7.08. The van der Waals surface area contributed by atoms with E-state index in [1.165, 1.54) is 12.1 Å². The zero-order chi connectivity index (χ0) is 17.3. The van der Waals surface area contributed by atoms with Gasteiger partial charge >= 0.3 is 0 Å². The molecule has 1 aromatic heterocycles. The third-order valence-corrected chi connectivity index (χ3v) is 4.67. The van der Waals surface area contributed by atoms with Crippen LogP contribution < -0.4 is 14.6 Å². The molecule has 0 spiro atoms. The fourth-order valence-corrected chi connectivity index (χ4v) is 3.06. The minimum absolute atomic E-state index is 0.0730. The molecule has 0 saturated carbocycles. The predicted octanol–water partition coefficient (Wildman–Crippen LogP) is 2.57. The first-order chi connectivity index (χ1) is 11.4. The van der Waals surface area contributed by atoms with E-state index in [9.17, 15) is 8.42 Å². The summed E-state index contributed by atoms with van der Waals surface area (Å²) in [7, 11) is -0.574. The molecule has 0 bridgehead atoms. The molecule has 0 aliphatic heterocycles. The second-order valence-electron chi connectivity index (χ2n) is 5.15. The molecular formula is C17H16N2O4S. The molecule has 6 nitrogen and oxygen atoms in total. The van der Waals surface area contributed by atoms with Gasteiger partial charge in [0.1, 0.15) is 0 Å². The zero-order valence-corrected chi connectivity index (χ0v) is 14.0. The van der Waals surface area contributed by atoms with Crippen LogP contribution in [-0.4, -0.2) is 27.6 Å². The average Bonchev–Trinajstić information content (AvgIpc) is 2.59. The maximum absolute atomic E-state index is 11.4. The third kappa shape index (κ3) is 2.91. The number of hydrogen-bond donors (Lipinski definition) is 1. The minimum Gasteiger partial charge on any atom is -0.493 e. The number of pyridine rings is 1. The van der Waals surface area contributed by atoms with E-state index in [1.54, 1.807) is 38.6 Å². The second kappa shape index (κ2) is 6.10. The topological polar surface area (TPSA) is 91.5 Å². The zero-order valence-electron chi connectivity index (χ0n) is 13.2. The molecule has 124 valence electrons. The van der Waals surface area contributed by atoms with Crippen molar-refractivity contribution in [1.82, 2.24) is 4.98 Å². The SMILES string of the molecule is COc1cc2nccc(-c3ccc(S(N)(=O)=O)cc3)c2cc1OC. The van der Waals surface area contributed by atoms with Crippen LogP contribution >= 0.6 is 0 Å². The van der Waals surface area contributed by atoms with Crippen LogP contribution in [0.5, 0.6) is 11.5 Å². The number of nitrogens with two attached hydrogens (primary N) is 1. The Morgan fingerprint density at radius 1 is 0.958 bits per heavy atom. The van der Waals surface area contributed by atoms with Crippen LogP contribution in [0.1, 0.15) is 0 Å². The van der Waals surface area contributed by atoms with Gasteiger partial charge in [0.05, 0.1) is 24.6 Å². The van der Waals surface area contributed by atoms with Crippen molar-refractivity contribution in [3.63, 3.8) is 0 Å². The molecule has 0 unspecified atom stereocenters. The highest BCUT2D eigenvalue weighted by Crippen LogP contribution is 2.36. The maximum Gasteiger partial charge on any atom is 0.238 e. The van der Waals surface area contributed by atoms with Crippen molar-refractivity contribution in [3.05, 3.63) is 48.7 Å². The highest BCUT2D eigenvalue weighted by molar-refractivity contribution is 7.89. The van der Waals surface area contributed by atoms with Crippen molar-refractivity contribution in [2.45, 2.75) is 4.90 Å². The first kappa shape index (κ1) is 16.2. The molecular weight excluding hydrogens is 328 g/mol. The van der Waals surface area contributed by atoms with Crippen LogP contribution in [0, 0.1) is 0 Å². The number of methoxy groups -OCH3 is 2. The Kier molecular flexibility index (Phi) is 4.13. The first-order valence-corrected chi connectivity index (χ1v) is 8.62. The van der Waals surface area contributed by atoms with Gasteiger partial charge in [0.25, 0.3) is 0 Å². The fraction of sp³-hybridized carbons (Fsp3) is 0.118. The van der Waals surface area contributed by atoms with Gasteiger partial charge in [0.15, 0.2) is 11.5 Å². The quantitative estimate of drug-likeness (QED) is 0.785. The van der Waals surface area contributed by atoms with Crippen molar-refractivity contribution < 1.29 is 17.9 Å². The molecule has 3 rings (SSSR count). The van der Waals surface area contributed by atoms with E-state index in [1.807, 2.05) is 12.1 Å². The Hall–Kier alpha value is -2.64. The molecule has 24 heavy (non-hydrogen) atoms. The lowest BCUT2D eigenvalue weighted by atomic mass is 10.0. The van der Waals surface area contributed by atoms with Crippen molar-refractivity contribution in [1.29, 1.82) is 0 Å². The standard InChI is InChI=1S/C17H16N2O4S/c1-22-16-9-14-13(7-8-19-15(14)10-17(16)23-2)11-3-5-12(6-4-11)24(18,20)21/h3-10H,1-2H3,(H2,18,20,21). The highest BCUT2D eigenvalue weighted by Gasteiger charge is 2.12. The van der Waals surface area contributed by atoms with Crippen molar-refractivity contribution in [2.75, 3.05) is 14.2 Å². The molecule has 0 aliphatic carbocycles. The van der Waals surface area contributed by atoms with Crippen LogP contribution in [0.15, 0.2) is 53.6 Å². The monoisotopic (exact) mass is 344 g/mol. The molecule has 1 heterocycles. The summed E-state index contributed by atoms with van der Waals surface area (Å²) in [5.74, 6) is 1.19. The van der Waals surface area contributed by atoms with Gasteiger partial charge in [-0.1, -0.05) is 12.1 Å². The van der Waals surface area contributed by atoms with E-state index in [0.29, 0.717) is 11.5 Å². The van der Waals surface area contributed by atoms with Crippen molar-refractivity contribution in [3.8, 4) is 22.6 Å². The second-order valence-corrected chi connectivity index (χ2v) is 6.71. The number of primary sulfonamides is 1. The normalized spacial score (nSPS) is 11.5. The molecule has 0 saturated heterocycles. The minimum atomic E-state index is -3.71. The van der Waals surface area contributed by atoms with Gasteiger partial charge in [-0.05, 0) is 35.4 Å². The van der Waals surface area contributed by atoms with Crippen LogP contribution in [0.3, 0.4) is 0 Å². The molecule has 3 aromatic rings. The number of fused-ring (bicyclic) bond motifs is 1. The summed E-state index contributed by atoms with van der Waals surface area (Å²) in [5, 5.41) is 6.01. The van der Waals surface area contributed by atoms with Crippen LogP contribution in [-0.2, 0) is 10.0 Å². The van der Waals surface area contributed by atoms with E-state index in [-0.39, 0.29) is 4.90 Å². The van der Waals surface area contributed by atoms with Gasteiger partial charge in [0, 0.05) is 17.6 Å². The number of hydrogen-bond acceptors (Lipinski definition) is 5. The van der Waals surface area contributed by atoms with Crippen LogP contribution in [0.25, 0.3) is 22.0 Å². The summed E-state index contributed by atoms with van der Waals surface area (Å²) < 4.78 is 33.4. The van der Waals surface area contributed by atoms with Gasteiger partial charge in [-0.15, -0.1) is 0 Å². The Labute approximate surface area is 139 Å². The Morgan fingerprint density at radius 3 is 2.17 bits per heavy atom. The van der Waals surface area contributed by atoms with Gasteiger partial charge in [-0.25, -0.2) is 13.6 Å². The molecule has 0 radical (unpaired) electrons. The summed E-state index contributed by atoms with van der Waals surface area (Å²) in [5.41, 5.74) is 2.50. The van der Waals surface area contributed by atoms with Crippen LogP contribution in [0.2, 0.25) is 0 Å². The summed E-state index contributed by atoms with van der Waals surface area (Å²) in [4.78, 5) is 4.43. The Balaban J connectivity index is 2.19. The summed E-state index contributed by atoms with van der Waals surface area (Å²) in [6.07, 6.45) is 1.69. The molecule has 2 N–H and O–H groups in total. The van der Waals surface area contributed by atoms with Gasteiger partial charge in [-0.3, -0.25) is 4.98 Å². The predicted molar refractivity (Wildman–Crippen MR) is 91.7 cm³/mol. The summed E-state index contributed by atoms with van der Waals surface area (Å²) in [6.45, 7) is 0. The number of benzene rings is 2. The largest absolute Gasteiger partial charge is 0.493 e. The molecule has 0 atom stereocenters. The lowest BCUT2D eigenvalue weighted by Gasteiger charge is -2.12. The summed E-state index contributed by atoms with van der Waals surface area (Å²) >= 11 is 0. The van der Waals surface area contributed by atoms with E-state index >= 15 is 0 Å². The van der Waals surface area contributed by atoms with Gasteiger partial charge in [-0.2, -0.15) is 0 Å². The van der Waals surface area contributed by atoms with Gasteiger partial charge in [0.2, 0.25) is 10.0 Å². The number of ether oxygens (including phenoxy) is 2. The van der Waals surface area contributed by atoms with Crippen LogP contribution in [0.4, 0.5) is 0 Å². The molecule has 0 fully saturated rings. The fourth-order valence-electron chi connectivity index (χ4n) is 2.55. The molecule has 0 aliphatic rings. The van der Waals surface area contributed by atoms with E-state index < -0.39 is 10.0 Å². The highest BCUT2D eigenvalue weighted by atomic mass is 32.2.